The van der Waals surface area contributed by atoms with Gasteiger partial charge in [-0.3, -0.25) is 14.5 Å². The van der Waals surface area contributed by atoms with Gasteiger partial charge in [0.15, 0.2) is 0 Å². The summed E-state index contributed by atoms with van der Waals surface area (Å²) in [5.74, 6) is -0.0677. The molecule has 0 aromatic carbocycles. The van der Waals surface area contributed by atoms with E-state index in [4.69, 9.17) is 0 Å². The molecule has 1 unspecified atom stereocenters. The van der Waals surface area contributed by atoms with Crippen molar-refractivity contribution in [1.29, 1.82) is 0 Å². The number of pyridine rings is 1. The highest BCUT2D eigenvalue weighted by Crippen LogP contribution is 2.21. The van der Waals surface area contributed by atoms with E-state index in [1.165, 1.54) is 11.3 Å². The third-order valence-corrected chi connectivity index (χ3v) is 4.58. The van der Waals surface area contributed by atoms with Gasteiger partial charge in [-0.2, -0.15) is 5.10 Å². The van der Waals surface area contributed by atoms with Crippen molar-refractivity contribution in [3.8, 4) is 11.3 Å². The number of nitrogens with zero attached hydrogens (tertiary/aromatic N) is 4. The van der Waals surface area contributed by atoms with Gasteiger partial charge in [-0.05, 0) is 39.0 Å². The summed E-state index contributed by atoms with van der Waals surface area (Å²) in [7, 11) is 0. The lowest BCUT2D eigenvalue weighted by Gasteiger charge is -2.13. The average molecular weight is 341 g/mol. The Hall–Kier alpha value is -2.54. The zero-order valence-corrected chi connectivity index (χ0v) is 14.7. The van der Waals surface area contributed by atoms with E-state index >= 15 is 0 Å². The normalized spacial score (nSPS) is 12.1. The number of rotatable bonds is 5. The maximum atomic E-state index is 12.4. The lowest BCUT2D eigenvalue weighted by Crippen LogP contribution is -2.31. The zero-order valence-electron chi connectivity index (χ0n) is 13.9. The van der Waals surface area contributed by atoms with E-state index in [0.717, 1.165) is 27.7 Å². The van der Waals surface area contributed by atoms with Gasteiger partial charge in [0.2, 0.25) is 5.91 Å². The summed E-state index contributed by atoms with van der Waals surface area (Å²) in [6.07, 6.45) is 3.48. The molecule has 0 spiro atoms. The van der Waals surface area contributed by atoms with Crippen LogP contribution in [0.1, 0.15) is 29.4 Å². The van der Waals surface area contributed by atoms with E-state index in [1.807, 2.05) is 44.4 Å². The van der Waals surface area contributed by atoms with E-state index in [2.05, 4.69) is 20.4 Å². The van der Waals surface area contributed by atoms with Gasteiger partial charge in [0.05, 0.1) is 17.9 Å². The van der Waals surface area contributed by atoms with Crippen LogP contribution in [0.4, 0.5) is 0 Å². The fourth-order valence-corrected chi connectivity index (χ4v) is 3.25. The molecule has 24 heavy (non-hydrogen) atoms. The van der Waals surface area contributed by atoms with Crippen molar-refractivity contribution in [3.63, 3.8) is 0 Å². The van der Waals surface area contributed by atoms with E-state index in [1.54, 1.807) is 17.1 Å². The van der Waals surface area contributed by atoms with Gasteiger partial charge in [-0.25, -0.2) is 4.98 Å². The molecular formula is C17H19N5OS. The number of hydrogen-bond donors (Lipinski definition) is 1. The van der Waals surface area contributed by atoms with Crippen LogP contribution in [0.15, 0.2) is 36.0 Å². The van der Waals surface area contributed by atoms with Gasteiger partial charge in [0.25, 0.3) is 0 Å². The molecule has 1 N–H and O–H groups in total. The van der Waals surface area contributed by atoms with Crippen LogP contribution in [-0.4, -0.2) is 25.7 Å². The monoisotopic (exact) mass is 341 g/mol. The Balaban J connectivity index is 1.62. The van der Waals surface area contributed by atoms with Crippen LogP contribution in [0.2, 0.25) is 0 Å². The number of aromatic nitrogens is 4. The molecule has 0 radical (unpaired) electrons. The summed E-state index contributed by atoms with van der Waals surface area (Å²) in [5.41, 5.74) is 3.81. The molecule has 3 rings (SSSR count). The number of hydrogen-bond acceptors (Lipinski definition) is 5. The number of amides is 1. The molecule has 124 valence electrons. The lowest BCUT2D eigenvalue weighted by atomic mass is 10.2. The number of carbonyl (C=O) groups excluding carboxylic acids is 1. The van der Waals surface area contributed by atoms with Crippen LogP contribution in [0, 0.1) is 13.8 Å². The van der Waals surface area contributed by atoms with Crippen molar-refractivity contribution >= 4 is 17.2 Å². The quantitative estimate of drug-likeness (QED) is 0.774. The molecule has 0 saturated heterocycles. The Bertz CT molecular complexity index is 840. The molecule has 1 atom stereocenters. The first-order valence-electron chi connectivity index (χ1n) is 7.70. The molecule has 0 fully saturated rings. The lowest BCUT2D eigenvalue weighted by molar-refractivity contribution is -0.124. The SMILES string of the molecule is Cc1cc(C)n(C(C)C(=O)NCc2nc(-c3ccncc3)cs2)n1. The second-order valence-electron chi connectivity index (χ2n) is 5.63. The summed E-state index contributed by atoms with van der Waals surface area (Å²) in [4.78, 5) is 20.9. The van der Waals surface area contributed by atoms with Gasteiger partial charge < -0.3 is 5.32 Å². The van der Waals surface area contributed by atoms with Crippen LogP contribution in [0.3, 0.4) is 0 Å². The summed E-state index contributed by atoms with van der Waals surface area (Å²) in [6.45, 7) is 6.13. The first kappa shape index (κ1) is 16.3. The first-order chi connectivity index (χ1) is 11.5. The molecule has 0 saturated carbocycles. The molecule has 3 heterocycles. The molecule has 3 aromatic rings. The molecule has 6 nitrogen and oxygen atoms in total. The molecular weight excluding hydrogens is 322 g/mol. The van der Waals surface area contributed by atoms with E-state index in [9.17, 15) is 4.79 Å². The van der Waals surface area contributed by atoms with Crippen molar-refractivity contribution in [2.75, 3.05) is 0 Å². The Kier molecular flexibility index (Phi) is 4.71. The molecule has 7 heteroatoms. The third kappa shape index (κ3) is 3.51. The topological polar surface area (TPSA) is 72.7 Å². The minimum absolute atomic E-state index is 0.0677. The number of nitrogens with one attached hydrogen (secondary N) is 1. The van der Waals surface area contributed by atoms with Gasteiger partial charge in [0, 0.05) is 29.0 Å². The molecule has 0 aliphatic heterocycles. The summed E-state index contributed by atoms with van der Waals surface area (Å²) < 4.78 is 1.74. The maximum absolute atomic E-state index is 12.4. The molecule has 1 amide bonds. The van der Waals surface area contributed by atoms with Gasteiger partial charge in [0.1, 0.15) is 11.0 Å². The average Bonchev–Trinajstić information content (AvgIpc) is 3.19. The second kappa shape index (κ2) is 6.92. The van der Waals surface area contributed by atoms with Crippen molar-refractivity contribution in [3.05, 3.63) is 52.4 Å². The summed E-state index contributed by atoms with van der Waals surface area (Å²) >= 11 is 1.53. The predicted molar refractivity (Wildman–Crippen MR) is 93.6 cm³/mol. The first-order valence-corrected chi connectivity index (χ1v) is 8.58. The number of carbonyl (C=O) groups is 1. The third-order valence-electron chi connectivity index (χ3n) is 3.73. The second-order valence-corrected chi connectivity index (χ2v) is 6.57. The van der Waals surface area contributed by atoms with Crippen molar-refractivity contribution < 1.29 is 4.79 Å². The van der Waals surface area contributed by atoms with Crippen molar-refractivity contribution in [2.24, 2.45) is 0 Å². The number of aryl methyl sites for hydroxylation is 2. The molecule has 0 aliphatic carbocycles. The Morgan fingerprint density at radius 2 is 2.08 bits per heavy atom. The van der Waals surface area contributed by atoms with Crippen LogP contribution < -0.4 is 5.32 Å². The van der Waals surface area contributed by atoms with E-state index in [-0.39, 0.29) is 11.9 Å². The fraction of sp³-hybridized carbons (Fsp3) is 0.294. The van der Waals surface area contributed by atoms with Crippen molar-refractivity contribution in [2.45, 2.75) is 33.4 Å². The van der Waals surface area contributed by atoms with Crippen molar-refractivity contribution in [1.82, 2.24) is 25.1 Å². The molecule has 3 aromatic heterocycles. The summed E-state index contributed by atoms with van der Waals surface area (Å²) in [6, 6.07) is 5.45. The summed E-state index contributed by atoms with van der Waals surface area (Å²) in [5, 5.41) is 10.2. The Morgan fingerprint density at radius 3 is 2.75 bits per heavy atom. The van der Waals surface area contributed by atoms with Crippen LogP contribution in [0.5, 0.6) is 0 Å². The number of thiazole rings is 1. The zero-order chi connectivity index (χ0) is 17.1. The predicted octanol–water partition coefficient (Wildman–Crippen LogP) is 2.90. The highest BCUT2D eigenvalue weighted by Gasteiger charge is 2.18. The highest BCUT2D eigenvalue weighted by atomic mass is 32.1. The fourth-order valence-electron chi connectivity index (χ4n) is 2.51. The van der Waals surface area contributed by atoms with E-state index < -0.39 is 0 Å². The Morgan fingerprint density at radius 1 is 1.33 bits per heavy atom. The minimum Gasteiger partial charge on any atom is -0.348 e. The smallest absolute Gasteiger partial charge is 0.244 e. The van der Waals surface area contributed by atoms with Crippen LogP contribution in [0.25, 0.3) is 11.3 Å². The van der Waals surface area contributed by atoms with E-state index in [0.29, 0.717) is 6.54 Å². The van der Waals surface area contributed by atoms with Gasteiger partial charge in [-0.15, -0.1) is 11.3 Å². The van der Waals surface area contributed by atoms with Crippen LogP contribution in [-0.2, 0) is 11.3 Å². The molecule has 0 bridgehead atoms. The highest BCUT2D eigenvalue weighted by molar-refractivity contribution is 7.09. The Labute approximate surface area is 144 Å². The van der Waals surface area contributed by atoms with Gasteiger partial charge in [-0.1, -0.05) is 0 Å². The van der Waals surface area contributed by atoms with Gasteiger partial charge >= 0.3 is 0 Å². The maximum Gasteiger partial charge on any atom is 0.244 e. The standard InChI is InChI=1S/C17H19N5OS/c1-11-8-12(2)22(21-11)13(3)17(23)19-9-16-20-15(10-24-16)14-4-6-18-7-5-14/h4-8,10,13H,9H2,1-3H3,(H,19,23). The largest absolute Gasteiger partial charge is 0.348 e. The minimum atomic E-state index is -0.349. The molecule has 0 aliphatic rings. The van der Waals surface area contributed by atoms with Crippen LogP contribution >= 0.6 is 11.3 Å².